The largest absolute Gasteiger partial charge is 0.465 e. The Labute approximate surface area is 89.0 Å². The summed E-state index contributed by atoms with van der Waals surface area (Å²) in [5, 5.41) is 6.00. The van der Waals surface area contributed by atoms with E-state index in [0.29, 0.717) is 18.9 Å². The van der Waals surface area contributed by atoms with Gasteiger partial charge in [0.1, 0.15) is 11.5 Å². The number of carbonyl (C=O) groups excluding carboxylic acids is 1. The maximum atomic E-state index is 11.4. The number of carbonyl (C=O) groups is 1. The van der Waals surface area contributed by atoms with Crippen molar-refractivity contribution >= 4 is 5.91 Å². The van der Waals surface area contributed by atoms with Crippen molar-refractivity contribution in [2.75, 3.05) is 13.1 Å². The second-order valence-corrected chi connectivity index (χ2v) is 4.02. The summed E-state index contributed by atoms with van der Waals surface area (Å²) in [6, 6.07) is 3.79. The average molecular weight is 208 g/mol. The zero-order chi connectivity index (χ0) is 10.7. The van der Waals surface area contributed by atoms with Crippen LogP contribution in [0.25, 0.3) is 0 Å². The van der Waals surface area contributed by atoms with Gasteiger partial charge in [0, 0.05) is 6.42 Å². The minimum Gasteiger partial charge on any atom is -0.465 e. The molecular formula is C11H16N2O2. The summed E-state index contributed by atoms with van der Waals surface area (Å²) in [5.41, 5.74) is 0. The monoisotopic (exact) mass is 208 g/mol. The lowest BCUT2D eigenvalue weighted by molar-refractivity contribution is -0.122. The smallest absolute Gasteiger partial charge is 0.220 e. The molecule has 4 heteroatoms. The maximum Gasteiger partial charge on any atom is 0.220 e. The van der Waals surface area contributed by atoms with E-state index in [1.807, 2.05) is 19.1 Å². The van der Waals surface area contributed by atoms with Gasteiger partial charge in [0.25, 0.3) is 0 Å². The Bertz CT molecular complexity index is 342. The topological polar surface area (TPSA) is 54.3 Å². The third-order valence-electron chi connectivity index (χ3n) is 2.60. The maximum absolute atomic E-state index is 11.4. The van der Waals surface area contributed by atoms with E-state index >= 15 is 0 Å². The van der Waals surface area contributed by atoms with Crippen LogP contribution in [0.15, 0.2) is 16.5 Å². The Kier molecular flexibility index (Phi) is 3.06. The second kappa shape index (κ2) is 4.49. The Hall–Kier alpha value is -1.29. The van der Waals surface area contributed by atoms with Crippen molar-refractivity contribution in [2.24, 2.45) is 5.92 Å². The Balaban J connectivity index is 1.70. The second-order valence-electron chi connectivity index (χ2n) is 4.02. The number of furan rings is 1. The van der Waals surface area contributed by atoms with Gasteiger partial charge < -0.3 is 15.1 Å². The highest BCUT2D eigenvalue weighted by molar-refractivity contribution is 5.76. The normalized spacial score (nSPS) is 16.1. The van der Waals surface area contributed by atoms with Crippen LogP contribution >= 0.6 is 0 Å². The third kappa shape index (κ3) is 2.83. The number of hydrogen-bond acceptors (Lipinski definition) is 3. The minimum absolute atomic E-state index is 0.107. The molecule has 0 aliphatic carbocycles. The van der Waals surface area contributed by atoms with Crippen molar-refractivity contribution in [3.8, 4) is 0 Å². The first-order chi connectivity index (χ1) is 7.24. The van der Waals surface area contributed by atoms with Crippen molar-refractivity contribution in [3.63, 3.8) is 0 Å². The summed E-state index contributed by atoms with van der Waals surface area (Å²) in [6.45, 7) is 4.32. The van der Waals surface area contributed by atoms with E-state index in [1.54, 1.807) is 0 Å². The number of nitrogens with one attached hydrogen (secondary N) is 2. The molecule has 2 heterocycles. The van der Waals surface area contributed by atoms with E-state index in [4.69, 9.17) is 4.42 Å². The van der Waals surface area contributed by atoms with Gasteiger partial charge in [-0.05, 0) is 38.1 Å². The molecule has 4 nitrogen and oxygen atoms in total. The van der Waals surface area contributed by atoms with Gasteiger partial charge in [-0.1, -0.05) is 0 Å². The molecule has 0 radical (unpaired) electrons. The molecular weight excluding hydrogens is 192 g/mol. The average Bonchev–Trinajstić information content (AvgIpc) is 2.55. The van der Waals surface area contributed by atoms with Crippen LogP contribution in [0, 0.1) is 12.8 Å². The fourth-order valence-corrected chi connectivity index (χ4v) is 1.59. The van der Waals surface area contributed by atoms with Gasteiger partial charge in [-0.25, -0.2) is 0 Å². The first kappa shape index (κ1) is 10.2. The standard InChI is InChI=1S/C11H16N2O2/c1-8-2-3-10(15-8)7-13-11(14)4-9-5-12-6-9/h2-3,9,12H,4-7H2,1H3,(H,13,14). The van der Waals surface area contributed by atoms with Crippen LogP contribution < -0.4 is 10.6 Å². The molecule has 1 fully saturated rings. The summed E-state index contributed by atoms with van der Waals surface area (Å²) >= 11 is 0. The van der Waals surface area contributed by atoms with Gasteiger partial charge in [-0.2, -0.15) is 0 Å². The lowest BCUT2D eigenvalue weighted by atomic mass is 9.99. The Morgan fingerprint density at radius 2 is 2.40 bits per heavy atom. The molecule has 0 atom stereocenters. The molecule has 1 amide bonds. The van der Waals surface area contributed by atoms with Gasteiger partial charge in [-0.3, -0.25) is 4.79 Å². The molecule has 82 valence electrons. The number of aryl methyl sites for hydroxylation is 1. The molecule has 0 bridgehead atoms. The van der Waals surface area contributed by atoms with Crippen LogP contribution in [-0.4, -0.2) is 19.0 Å². The van der Waals surface area contributed by atoms with E-state index < -0.39 is 0 Å². The summed E-state index contributed by atoms with van der Waals surface area (Å²) in [6.07, 6.45) is 0.618. The summed E-state index contributed by atoms with van der Waals surface area (Å²) in [7, 11) is 0. The molecule has 0 saturated carbocycles. The lowest BCUT2D eigenvalue weighted by Crippen LogP contribution is -2.44. The zero-order valence-corrected chi connectivity index (χ0v) is 8.88. The number of amides is 1. The highest BCUT2D eigenvalue weighted by Crippen LogP contribution is 2.09. The summed E-state index contributed by atoms with van der Waals surface area (Å²) in [5.74, 6) is 2.31. The van der Waals surface area contributed by atoms with Crippen molar-refractivity contribution in [1.29, 1.82) is 0 Å². The van der Waals surface area contributed by atoms with Gasteiger partial charge in [0.05, 0.1) is 6.54 Å². The van der Waals surface area contributed by atoms with Crippen molar-refractivity contribution < 1.29 is 9.21 Å². The van der Waals surface area contributed by atoms with E-state index in [9.17, 15) is 4.79 Å². The molecule has 1 aliphatic heterocycles. The summed E-state index contributed by atoms with van der Waals surface area (Å²) in [4.78, 5) is 11.4. The van der Waals surface area contributed by atoms with Gasteiger partial charge in [0.15, 0.2) is 0 Å². The predicted octanol–water partition coefficient (Wildman–Crippen LogP) is 0.814. The predicted molar refractivity (Wildman–Crippen MR) is 56.3 cm³/mol. The van der Waals surface area contributed by atoms with E-state index in [0.717, 1.165) is 24.6 Å². The van der Waals surface area contributed by atoms with E-state index in [2.05, 4.69) is 10.6 Å². The molecule has 1 aromatic rings. The van der Waals surface area contributed by atoms with Crippen molar-refractivity contribution in [3.05, 3.63) is 23.7 Å². The number of rotatable bonds is 4. The summed E-state index contributed by atoms with van der Waals surface area (Å²) < 4.78 is 5.35. The van der Waals surface area contributed by atoms with Crippen LogP contribution in [0.5, 0.6) is 0 Å². The Morgan fingerprint density at radius 1 is 1.60 bits per heavy atom. The van der Waals surface area contributed by atoms with Crippen LogP contribution in [-0.2, 0) is 11.3 Å². The van der Waals surface area contributed by atoms with Crippen molar-refractivity contribution in [2.45, 2.75) is 19.9 Å². The van der Waals surface area contributed by atoms with E-state index in [1.165, 1.54) is 0 Å². The quantitative estimate of drug-likeness (QED) is 0.770. The molecule has 2 rings (SSSR count). The minimum atomic E-state index is 0.107. The van der Waals surface area contributed by atoms with E-state index in [-0.39, 0.29) is 5.91 Å². The van der Waals surface area contributed by atoms with Crippen LogP contribution in [0.3, 0.4) is 0 Å². The molecule has 1 saturated heterocycles. The van der Waals surface area contributed by atoms with Gasteiger partial charge in [-0.15, -0.1) is 0 Å². The van der Waals surface area contributed by atoms with Crippen LogP contribution in [0.2, 0.25) is 0 Å². The molecule has 0 spiro atoms. The SMILES string of the molecule is Cc1ccc(CNC(=O)CC2CNC2)o1. The first-order valence-electron chi connectivity index (χ1n) is 5.27. The Morgan fingerprint density at radius 3 is 2.93 bits per heavy atom. The molecule has 0 unspecified atom stereocenters. The molecule has 0 aromatic carbocycles. The zero-order valence-electron chi connectivity index (χ0n) is 8.88. The van der Waals surface area contributed by atoms with Gasteiger partial charge >= 0.3 is 0 Å². The van der Waals surface area contributed by atoms with Crippen LogP contribution in [0.4, 0.5) is 0 Å². The fourth-order valence-electron chi connectivity index (χ4n) is 1.59. The van der Waals surface area contributed by atoms with Crippen LogP contribution in [0.1, 0.15) is 17.9 Å². The molecule has 1 aromatic heterocycles. The molecule has 2 N–H and O–H groups in total. The molecule has 1 aliphatic rings. The third-order valence-corrected chi connectivity index (χ3v) is 2.60. The fraction of sp³-hybridized carbons (Fsp3) is 0.545. The highest BCUT2D eigenvalue weighted by atomic mass is 16.3. The van der Waals surface area contributed by atoms with Gasteiger partial charge in [0.2, 0.25) is 5.91 Å². The lowest BCUT2D eigenvalue weighted by Gasteiger charge is -2.26. The number of hydrogen-bond donors (Lipinski definition) is 2. The molecule has 15 heavy (non-hydrogen) atoms. The van der Waals surface area contributed by atoms with Crippen molar-refractivity contribution in [1.82, 2.24) is 10.6 Å². The first-order valence-corrected chi connectivity index (χ1v) is 5.27. The highest BCUT2D eigenvalue weighted by Gasteiger charge is 2.19.